The molecule has 0 saturated heterocycles. The molecule has 2 aromatic heterocycles. The fourth-order valence-corrected chi connectivity index (χ4v) is 2.78. The zero-order chi connectivity index (χ0) is 19.4. The minimum atomic E-state index is -0.237. The highest BCUT2D eigenvalue weighted by Crippen LogP contribution is 2.19. The molecule has 0 saturated carbocycles. The summed E-state index contributed by atoms with van der Waals surface area (Å²) in [6, 6.07) is 9.41. The molecule has 142 valence electrons. The van der Waals surface area contributed by atoms with Crippen molar-refractivity contribution in [2.45, 2.75) is 47.0 Å². The molecular formula is C20H25N5O2. The van der Waals surface area contributed by atoms with Gasteiger partial charge in [-0.1, -0.05) is 17.7 Å². The Morgan fingerprint density at radius 2 is 1.93 bits per heavy atom. The summed E-state index contributed by atoms with van der Waals surface area (Å²) >= 11 is 0. The van der Waals surface area contributed by atoms with Crippen LogP contribution in [-0.2, 0) is 13.3 Å². The van der Waals surface area contributed by atoms with Gasteiger partial charge in [0.25, 0.3) is 5.91 Å². The molecular weight excluding hydrogens is 342 g/mol. The Bertz CT molecular complexity index is 928. The lowest BCUT2D eigenvalue weighted by atomic mass is 10.1. The molecule has 2 heterocycles. The summed E-state index contributed by atoms with van der Waals surface area (Å²) in [6.45, 7) is 9.01. The standard InChI is InChI=1S/C20H25N5O2/c1-5-24-10-8-17(22-24)16(4)21-20(26)18-9-11-25(23-18)13-27-19-7-6-14(2)12-15(19)3/h6-12,16H,5,13H2,1-4H3,(H,21,26). The molecule has 1 amide bonds. The van der Waals surface area contributed by atoms with Crippen LogP contribution in [0, 0.1) is 13.8 Å². The second kappa shape index (κ2) is 8.07. The third-order valence-electron chi connectivity index (χ3n) is 4.33. The summed E-state index contributed by atoms with van der Waals surface area (Å²) in [5.74, 6) is 0.570. The van der Waals surface area contributed by atoms with E-state index in [1.54, 1.807) is 16.9 Å². The summed E-state index contributed by atoms with van der Waals surface area (Å²) < 4.78 is 9.22. The van der Waals surface area contributed by atoms with Crippen LogP contribution in [0.1, 0.15) is 47.2 Å². The zero-order valence-corrected chi connectivity index (χ0v) is 16.1. The molecule has 0 fully saturated rings. The third kappa shape index (κ3) is 4.55. The number of aromatic nitrogens is 4. The number of hydrogen-bond donors (Lipinski definition) is 1. The number of amides is 1. The molecule has 1 N–H and O–H groups in total. The highest BCUT2D eigenvalue weighted by Gasteiger charge is 2.16. The van der Waals surface area contributed by atoms with E-state index < -0.39 is 0 Å². The van der Waals surface area contributed by atoms with E-state index in [0.717, 1.165) is 23.6 Å². The van der Waals surface area contributed by atoms with Crippen LogP contribution in [0.3, 0.4) is 0 Å². The summed E-state index contributed by atoms with van der Waals surface area (Å²) in [4.78, 5) is 12.4. The Morgan fingerprint density at radius 1 is 1.15 bits per heavy atom. The van der Waals surface area contributed by atoms with Gasteiger partial charge in [0.15, 0.2) is 6.73 Å². The Balaban J connectivity index is 1.58. The number of carbonyl (C=O) groups is 1. The van der Waals surface area contributed by atoms with Crippen molar-refractivity contribution in [1.29, 1.82) is 0 Å². The van der Waals surface area contributed by atoms with E-state index in [9.17, 15) is 4.79 Å². The molecule has 0 aliphatic heterocycles. The van der Waals surface area contributed by atoms with E-state index in [1.807, 2.05) is 56.8 Å². The van der Waals surface area contributed by atoms with Crippen LogP contribution in [-0.4, -0.2) is 25.5 Å². The molecule has 1 atom stereocenters. The molecule has 1 unspecified atom stereocenters. The van der Waals surface area contributed by atoms with E-state index in [0.29, 0.717) is 5.69 Å². The third-order valence-corrected chi connectivity index (χ3v) is 4.33. The number of rotatable bonds is 7. The first-order valence-electron chi connectivity index (χ1n) is 9.04. The minimum absolute atomic E-state index is 0.193. The van der Waals surface area contributed by atoms with E-state index in [1.165, 1.54) is 5.56 Å². The number of hydrogen-bond acceptors (Lipinski definition) is 4. The van der Waals surface area contributed by atoms with Gasteiger partial charge in [0.05, 0.1) is 11.7 Å². The van der Waals surface area contributed by atoms with Gasteiger partial charge in [-0.05, 0) is 51.5 Å². The highest BCUT2D eigenvalue weighted by atomic mass is 16.5. The van der Waals surface area contributed by atoms with Crippen LogP contribution in [0.25, 0.3) is 0 Å². The van der Waals surface area contributed by atoms with Gasteiger partial charge in [-0.15, -0.1) is 0 Å². The molecule has 3 rings (SSSR count). The molecule has 0 aliphatic carbocycles. The number of nitrogens with zero attached hydrogens (tertiary/aromatic N) is 4. The predicted octanol–water partition coefficient (Wildman–Crippen LogP) is 3.24. The molecule has 27 heavy (non-hydrogen) atoms. The van der Waals surface area contributed by atoms with Gasteiger partial charge in [-0.25, -0.2) is 4.68 Å². The van der Waals surface area contributed by atoms with Gasteiger partial charge in [0.2, 0.25) is 0 Å². The Kier molecular flexibility index (Phi) is 5.59. The first-order valence-corrected chi connectivity index (χ1v) is 9.04. The largest absolute Gasteiger partial charge is 0.471 e. The summed E-state index contributed by atoms with van der Waals surface area (Å²) in [5.41, 5.74) is 3.43. The quantitative estimate of drug-likeness (QED) is 0.696. The van der Waals surface area contributed by atoms with Gasteiger partial charge in [-0.2, -0.15) is 10.2 Å². The molecule has 7 heteroatoms. The van der Waals surface area contributed by atoms with E-state index in [2.05, 4.69) is 21.6 Å². The lowest BCUT2D eigenvalue weighted by Gasteiger charge is -2.11. The van der Waals surface area contributed by atoms with Crippen LogP contribution < -0.4 is 10.1 Å². The maximum absolute atomic E-state index is 12.4. The number of aryl methyl sites for hydroxylation is 3. The van der Waals surface area contributed by atoms with Gasteiger partial charge >= 0.3 is 0 Å². The Labute approximate surface area is 159 Å². The van der Waals surface area contributed by atoms with Gasteiger partial charge < -0.3 is 10.1 Å². The van der Waals surface area contributed by atoms with Crippen molar-refractivity contribution in [3.05, 3.63) is 65.2 Å². The lowest BCUT2D eigenvalue weighted by Crippen LogP contribution is -2.27. The average Bonchev–Trinajstić information content (AvgIpc) is 3.30. The van der Waals surface area contributed by atoms with Crippen LogP contribution >= 0.6 is 0 Å². The maximum Gasteiger partial charge on any atom is 0.272 e. The molecule has 0 spiro atoms. The summed E-state index contributed by atoms with van der Waals surface area (Å²) in [5, 5.41) is 11.6. The van der Waals surface area contributed by atoms with E-state index in [4.69, 9.17) is 4.74 Å². The molecule has 0 bridgehead atoms. The van der Waals surface area contributed by atoms with Crippen molar-refractivity contribution >= 4 is 5.91 Å². The SMILES string of the molecule is CCn1ccc(C(C)NC(=O)c2ccn(COc3ccc(C)cc3C)n2)n1. The second-order valence-electron chi connectivity index (χ2n) is 6.57. The monoisotopic (exact) mass is 367 g/mol. The number of ether oxygens (including phenoxy) is 1. The van der Waals surface area contributed by atoms with E-state index in [-0.39, 0.29) is 18.7 Å². The van der Waals surface area contributed by atoms with Crippen LogP contribution in [0.4, 0.5) is 0 Å². The van der Waals surface area contributed by atoms with Crippen molar-refractivity contribution in [2.24, 2.45) is 0 Å². The normalized spacial score (nSPS) is 12.0. The van der Waals surface area contributed by atoms with Crippen molar-refractivity contribution in [3.63, 3.8) is 0 Å². The van der Waals surface area contributed by atoms with E-state index >= 15 is 0 Å². The fourth-order valence-electron chi connectivity index (χ4n) is 2.78. The minimum Gasteiger partial charge on any atom is -0.471 e. The fraction of sp³-hybridized carbons (Fsp3) is 0.350. The molecule has 0 aliphatic rings. The first-order chi connectivity index (χ1) is 13.0. The summed E-state index contributed by atoms with van der Waals surface area (Å²) in [7, 11) is 0. The molecule has 3 aromatic rings. The predicted molar refractivity (Wildman–Crippen MR) is 103 cm³/mol. The Morgan fingerprint density at radius 3 is 2.63 bits per heavy atom. The van der Waals surface area contributed by atoms with Gasteiger partial charge in [0.1, 0.15) is 11.4 Å². The number of carbonyl (C=O) groups excluding carboxylic acids is 1. The smallest absolute Gasteiger partial charge is 0.272 e. The number of benzene rings is 1. The van der Waals surface area contributed by atoms with Gasteiger partial charge in [-0.3, -0.25) is 9.48 Å². The van der Waals surface area contributed by atoms with Crippen LogP contribution in [0.5, 0.6) is 5.75 Å². The molecule has 7 nitrogen and oxygen atoms in total. The van der Waals surface area contributed by atoms with Crippen molar-refractivity contribution in [1.82, 2.24) is 24.9 Å². The number of nitrogens with one attached hydrogen (secondary N) is 1. The van der Waals surface area contributed by atoms with Crippen LogP contribution in [0.2, 0.25) is 0 Å². The lowest BCUT2D eigenvalue weighted by molar-refractivity contribution is 0.0932. The first kappa shape index (κ1) is 18.7. The summed E-state index contributed by atoms with van der Waals surface area (Å²) in [6.07, 6.45) is 3.63. The van der Waals surface area contributed by atoms with Crippen molar-refractivity contribution in [2.75, 3.05) is 0 Å². The van der Waals surface area contributed by atoms with Crippen molar-refractivity contribution < 1.29 is 9.53 Å². The Hall–Kier alpha value is -3.09. The zero-order valence-electron chi connectivity index (χ0n) is 16.1. The second-order valence-corrected chi connectivity index (χ2v) is 6.57. The van der Waals surface area contributed by atoms with Gasteiger partial charge in [0, 0.05) is 18.9 Å². The maximum atomic E-state index is 12.4. The topological polar surface area (TPSA) is 74.0 Å². The highest BCUT2D eigenvalue weighted by molar-refractivity contribution is 5.92. The molecule has 1 aromatic carbocycles. The molecule has 0 radical (unpaired) electrons. The average molecular weight is 367 g/mol. The van der Waals surface area contributed by atoms with Crippen molar-refractivity contribution in [3.8, 4) is 5.75 Å². The van der Waals surface area contributed by atoms with Crippen LogP contribution in [0.15, 0.2) is 42.7 Å².